The van der Waals surface area contributed by atoms with E-state index in [0.29, 0.717) is 19.6 Å². The van der Waals surface area contributed by atoms with Gasteiger partial charge in [0.1, 0.15) is 12.4 Å². The van der Waals surface area contributed by atoms with Gasteiger partial charge in [-0.1, -0.05) is 22.0 Å². The third-order valence-electron chi connectivity index (χ3n) is 2.85. The minimum atomic E-state index is 0.258. The van der Waals surface area contributed by atoms with Crippen LogP contribution in [0.15, 0.2) is 28.7 Å². The SMILES string of the molecule is O=C1CCCCN1CCOc1cccc(Br)c1. The van der Waals surface area contributed by atoms with Gasteiger partial charge in [0.05, 0.1) is 6.54 Å². The molecule has 0 aromatic heterocycles. The molecular weight excluding hydrogens is 282 g/mol. The van der Waals surface area contributed by atoms with Crippen molar-refractivity contribution in [3.05, 3.63) is 28.7 Å². The molecule has 0 unspecified atom stereocenters. The lowest BCUT2D eigenvalue weighted by Crippen LogP contribution is -2.38. The zero-order valence-electron chi connectivity index (χ0n) is 9.69. The summed E-state index contributed by atoms with van der Waals surface area (Å²) in [5.41, 5.74) is 0. The molecule has 1 aromatic rings. The highest BCUT2D eigenvalue weighted by Gasteiger charge is 2.17. The molecular formula is C13H16BrNO2. The first kappa shape index (κ1) is 12.4. The highest BCUT2D eigenvalue weighted by Crippen LogP contribution is 2.18. The van der Waals surface area contributed by atoms with Crippen molar-refractivity contribution >= 4 is 21.8 Å². The highest BCUT2D eigenvalue weighted by molar-refractivity contribution is 9.10. The molecule has 0 atom stereocenters. The van der Waals surface area contributed by atoms with E-state index in [0.717, 1.165) is 29.6 Å². The third-order valence-corrected chi connectivity index (χ3v) is 3.34. The van der Waals surface area contributed by atoms with Gasteiger partial charge in [-0.15, -0.1) is 0 Å². The molecule has 1 aliphatic rings. The summed E-state index contributed by atoms with van der Waals surface area (Å²) >= 11 is 3.40. The minimum absolute atomic E-state index is 0.258. The molecule has 92 valence electrons. The number of hydrogen-bond donors (Lipinski definition) is 0. The van der Waals surface area contributed by atoms with Crippen LogP contribution in [-0.4, -0.2) is 30.5 Å². The van der Waals surface area contributed by atoms with E-state index in [1.54, 1.807) is 0 Å². The van der Waals surface area contributed by atoms with Gasteiger partial charge >= 0.3 is 0 Å². The van der Waals surface area contributed by atoms with Gasteiger partial charge in [-0.2, -0.15) is 0 Å². The van der Waals surface area contributed by atoms with Gasteiger partial charge < -0.3 is 9.64 Å². The highest BCUT2D eigenvalue weighted by atomic mass is 79.9. The van der Waals surface area contributed by atoms with E-state index >= 15 is 0 Å². The Labute approximate surface area is 110 Å². The number of amides is 1. The van der Waals surface area contributed by atoms with Crippen LogP contribution in [-0.2, 0) is 4.79 Å². The van der Waals surface area contributed by atoms with Crippen LogP contribution in [0.25, 0.3) is 0 Å². The number of benzene rings is 1. The standard InChI is InChI=1S/C13H16BrNO2/c14-11-4-3-5-12(10-11)17-9-8-15-7-2-1-6-13(15)16/h3-5,10H,1-2,6-9H2. The number of carbonyl (C=O) groups excluding carboxylic acids is 1. The molecule has 0 radical (unpaired) electrons. The van der Waals surface area contributed by atoms with Gasteiger partial charge in [0.25, 0.3) is 0 Å². The third kappa shape index (κ3) is 3.73. The Morgan fingerprint density at radius 1 is 1.35 bits per heavy atom. The van der Waals surface area contributed by atoms with Crippen molar-refractivity contribution in [3.63, 3.8) is 0 Å². The average Bonchev–Trinajstić information content (AvgIpc) is 2.32. The number of hydrogen-bond acceptors (Lipinski definition) is 2. The lowest BCUT2D eigenvalue weighted by molar-refractivity contribution is -0.133. The van der Waals surface area contributed by atoms with Crippen LogP contribution in [0.5, 0.6) is 5.75 Å². The number of ether oxygens (including phenoxy) is 1. The number of nitrogens with zero attached hydrogens (tertiary/aromatic N) is 1. The molecule has 2 rings (SSSR count). The summed E-state index contributed by atoms with van der Waals surface area (Å²) in [4.78, 5) is 13.4. The Balaban J connectivity index is 1.77. The molecule has 3 nitrogen and oxygen atoms in total. The van der Waals surface area contributed by atoms with Gasteiger partial charge in [-0.05, 0) is 31.0 Å². The molecule has 1 heterocycles. The van der Waals surface area contributed by atoms with E-state index in [1.165, 1.54) is 0 Å². The summed E-state index contributed by atoms with van der Waals surface area (Å²) in [5, 5.41) is 0. The van der Waals surface area contributed by atoms with E-state index in [2.05, 4.69) is 15.9 Å². The Hall–Kier alpha value is -1.03. The number of piperidine rings is 1. The van der Waals surface area contributed by atoms with Crippen molar-refractivity contribution < 1.29 is 9.53 Å². The predicted octanol–water partition coefficient (Wildman–Crippen LogP) is 2.84. The molecule has 1 aromatic carbocycles. The van der Waals surface area contributed by atoms with Gasteiger partial charge in [0, 0.05) is 17.4 Å². The molecule has 17 heavy (non-hydrogen) atoms. The summed E-state index contributed by atoms with van der Waals surface area (Å²) in [5.74, 6) is 1.10. The van der Waals surface area contributed by atoms with Gasteiger partial charge in [-0.25, -0.2) is 0 Å². The minimum Gasteiger partial charge on any atom is -0.492 e. The Kier molecular flexibility index (Phi) is 4.42. The molecule has 0 spiro atoms. The van der Waals surface area contributed by atoms with E-state index in [-0.39, 0.29) is 5.91 Å². The second kappa shape index (κ2) is 6.05. The second-order valence-electron chi connectivity index (χ2n) is 4.14. The Morgan fingerprint density at radius 2 is 2.24 bits per heavy atom. The molecule has 1 saturated heterocycles. The topological polar surface area (TPSA) is 29.5 Å². The first-order valence-electron chi connectivity index (χ1n) is 5.92. The Bertz CT molecular complexity index is 395. The van der Waals surface area contributed by atoms with Crippen LogP contribution in [0.3, 0.4) is 0 Å². The zero-order chi connectivity index (χ0) is 12.1. The number of likely N-dealkylation sites (tertiary alicyclic amines) is 1. The molecule has 1 aliphatic heterocycles. The van der Waals surface area contributed by atoms with Crippen LogP contribution in [0.1, 0.15) is 19.3 Å². The normalized spacial score (nSPS) is 16.1. The van der Waals surface area contributed by atoms with Crippen LogP contribution >= 0.6 is 15.9 Å². The second-order valence-corrected chi connectivity index (χ2v) is 5.06. The molecule has 0 bridgehead atoms. The lowest BCUT2D eigenvalue weighted by atomic mass is 10.1. The van der Waals surface area contributed by atoms with Crippen molar-refractivity contribution in [2.45, 2.75) is 19.3 Å². The smallest absolute Gasteiger partial charge is 0.222 e. The average molecular weight is 298 g/mol. The van der Waals surface area contributed by atoms with Gasteiger partial charge in [0.2, 0.25) is 5.91 Å². The zero-order valence-corrected chi connectivity index (χ0v) is 11.3. The quantitative estimate of drug-likeness (QED) is 0.855. The molecule has 0 aliphatic carbocycles. The van der Waals surface area contributed by atoms with Crippen molar-refractivity contribution in [2.24, 2.45) is 0 Å². The Morgan fingerprint density at radius 3 is 3.00 bits per heavy atom. The first-order valence-corrected chi connectivity index (χ1v) is 6.71. The summed E-state index contributed by atoms with van der Waals surface area (Å²) in [6.07, 6.45) is 2.83. The van der Waals surface area contributed by atoms with E-state index < -0.39 is 0 Å². The fraction of sp³-hybridized carbons (Fsp3) is 0.462. The van der Waals surface area contributed by atoms with Crippen molar-refractivity contribution in [1.82, 2.24) is 4.90 Å². The predicted molar refractivity (Wildman–Crippen MR) is 70.1 cm³/mol. The van der Waals surface area contributed by atoms with Gasteiger partial charge in [0.15, 0.2) is 0 Å². The first-order chi connectivity index (χ1) is 8.25. The van der Waals surface area contributed by atoms with E-state index in [4.69, 9.17) is 4.74 Å². The number of halogens is 1. The van der Waals surface area contributed by atoms with E-state index in [1.807, 2.05) is 29.2 Å². The number of carbonyl (C=O) groups is 1. The lowest BCUT2D eigenvalue weighted by Gasteiger charge is -2.26. The maximum absolute atomic E-state index is 11.6. The summed E-state index contributed by atoms with van der Waals surface area (Å²) in [6.45, 7) is 2.12. The fourth-order valence-electron chi connectivity index (χ4n) is 1.93. The molecule has 0 N–H and O–H groups in total. The van der Waals surface area contributed by atoms with Crippen molar-refractivity contribution in [1.29, 1.82) is 0 Å². The molecule has 1 amide bonds. The van der Waals surface area contributed by atoms with Crippen LogP contribution < -0.4 is 4.74 Å². The van der Waals surface area contributed by atoms with Crippen LogP contribution in [0.4, 0.5) is 0 Å². The monoisotopic (exact) mass is 297 g/mol. The summed E-state index contributed by atoms with van der Waals surface area (Å²) in [6, 6.07) is 7.74. The maximum Gasteiger partial charge on any atom is 0.222 e. The van der Waals surface area contributed by atoms with Crippen molar-refractivity contribution in [3.8, 4) is 5.75 Å². The van der Waals surface area contributed by atoms with Crippen molar-refractivity contribution in [2.75, 3.05) is 19.7 Å². The summed E-state index contributed by atoms with van der Waals surface area (Å²) in [7, 11) is 0. The van der Waals surface area contributed by atoms with E-state index in [9.17, 15) is 4.79 Å². The number of rotatable bonds is 4. The molecule has 1 fully saturated rings. The summed E-state index contributed by atoms with van der Waals surface area (Å²) < 4.78 is 6.62. The molecule has 0 saturated carbocycles. The van der Waals surface area contributed by atoms with Gasteiger partial charge in [-0.3, -0.25) is 4.79 Å². The largest absolute Gasteiger partial charge is 0.492 e. The fourth-order valence-corrected chi connectivity index (χ4v) is 2.31. The van der Waals surface area contributed by atoms with Crippen LogP contribution in [0, 0.1) is 0 Å². The van der Waals surface area contributed by atoms with Crippen LogP contribution in [0.2, 0.25) is 0 Å². The molecule has 4 heteroatoms. The maximum atomic E-state index is 11.6.